The molecule has 0 aliphatic carbocycles. The van der Waals surface area contributed by atoms with E-state index in [4.69, 9.17) is 4.74 Å². The minimum Gasteiger partial charge on any atom is -0.380 e. The van der Waals surface area contributed by atoms with E-state index in [0.29, 0.717) is 25.6 Å². The quantitative estimate of drug-likeness (QED) is 0.734. The second-order valence-corrected chi connectivity index (χ2v) is 5.17. The van der Waals surface area contributed by atoms with Crippen LogP contribution in [-0.2, 0) is 17.5 Å². The number of hydrogen-bond donors (Lipinski definition) is 1. The minimum atomic E-state index is -4.27. The predicted octanol–water partition coefficient (Wildman–Crippen LogP) is 3.86. The molecular weight excluding hydrogens is 267 g/mol. The molecule has 0 aromatic heterocycles. The Morgan fingerprint density at radius 2 is 1.75 bits per heavy atom. The SMILES string of the molecule is CC(C)CCOCCNCc1ccc(C(F)(F)F)cc1. The van der Waals surface area contributed by atoms with Crippen LogP contribution in [0.5, 0.6) is 0 Å². The fourth-order valence-corrected chi connectivity index (χ4v) is 1.61. The van der Waals surface area contributed by atoms with Gasteiger partial charge in [0.2, 0.25) is 0 Å². The Kier molecular flexibility index (Phi) is 7.02. The molecule has 0 amide bonds. The Morgan fingerprint density at radius 1 is 1.10 bits per heavy atom. The van der Waals surface area contributed by atoms with Gasteiger partial charge < -0.3 is 10.1 Å². The lowest BCUT2D eigenvalue weighted by Crippen LogP contribution is -2.19. The molecule has 0 heterocycles. The molecule has 0 fully saturated rings. The molecule has 0 aliphatic heterocycles. The highest BCUT2D eigenvalue weighted by Crippen LogP contribution is 2.28. The van der Waals surface area contributed by atoms with Gasteiger partial charge in [0.05, 0.1) is 12.2 Å². The molecule has 0 radical (unpaired) electrons. The van der Waals surface area contributed by atoms with E-state index in [-0.39, 0.29) is 0 Å². The van der Waals surface area contributed by atoms with Gasteiger partial charge in [-0.15, -0.1) is 0 Å². The van der Waals surface area contributed by atoms with Gasteiger partial charge in [-0.3, -0.25) is 0 Å². The van der Waals surface area contributed by atoms with E-state index < -0.39 is 11.7 Å². The highest BCUT2D eigenvalue weighted by molar-refractivity contribution is 5.24. The summed E-state index contributed by atoms with van der Waals surface area (Å²) in [5.74, 6) is 0.634. The highest BCUT2D eigenvalue weighted by Gasteiger charge is 2.29. The van der Waals surface area contributed by atoms with Crippen molar-refractivity contribution in [3.63, 3.8) is 0 Å². The van der Waals surface area contributed by atoms with Crippen LogP contribution >= 0.6 is 0 Å². The standard InChI is InChI=1S/C15H22F3NO/c1-12(2)7-9-20-10-8-19-11-13-3-5-14(6-4-13)15(16,17)18/h3-6,12,19H,7-11H2,1-2H3. The Hall–Kier alpha value is -1.07. The van der Waals surface area contributed by atoms with Crippen LogP contribution in [0.3, 0.4) is 0 Å². The van der Waals surface area contributed by atoms with E-state index in [1.165, 1.54) is 12.1 Å². The fraction of sp³-hybridized carbons (Fsp3) is 0.600. The lowest BCUT2D eigenvalue weighted by molar-refractivity contribution is -0.137. The molecule has 0 saturated heterocycles. The van der Waals surface area contributed by atoms with Crippen LogP contribution in [-0.4, -0.2) is 19.8 Å². The van der Waals surface area contributed by atoms with Crippen molar-refractivity contribution in [2.75, 3.05) is 19.8 Å². The average Bonchev–Trinajstić information content (AvgIpc) is 2.37. The Morgan fingerprint density at radius 3 is 2.30 bits per heavy atom. The lowest BCUT2D eigenvalue weighted by atomic mass is 10.1. The number of ether oxygens (including phenoxy) is 1. The van der Waals surface area contributed by atoms with Gasteiger partial charge in [-0.2, -0.15) is 13.2 Å². The number of halogens is 3. The maximum atomic E-state index is 12.4. The normalized spacial score (nSPS) is 12.1. The smallest absolute Gasteiger partial charge is 0.380 e. The first-order chi connectivity index (χ1) is 9.39. The van der Waals surface area contributed by atoms with Crippen LogP contribution in [0.25, 0.3) is 0 Å². The summed E-state index contributed by atoms with van der Waals surface area (Å²) < 4.78 is 42.5. The van der Waals surface area contributed by atoms with E-state index in [0.717, 1.165) is 30.7 Å². The Labute approximate surface area is 118 Å². The molecule has 0 unspecified atom stereocenters. The van der Waals surface area contributed by atoms with Crippen molar-refractivity contribution in [3.05, 3.63) is 35.4 Å². The summed E-state index contributed by atoms with van der Waals surface area (Å²) >= 11 is 0. The van der Waals surface area contributed by atoms with Crippen LogP contribution in [0.2, 0.25) is 0 Å². The van der Waals surface area contributed by atoms with Gasteiger partial charge >= 0.3 is 6.18 Å². The lowest BCUT2D eigenvalue weighted by Gasteiger charge is -2.09. The summed E-state index contributed by atoms with van der Waals surface area (Å²) in [5.41, 5.74) is 0.221. The van der Waals surface area contributed by atoms with Gasteiger partial charge in [0.1, 0.15) is 0 Å². The van der Waals surface area contributed by atoms with Crippen LogP contribution in [0.15, 0.2) is 24.3 Å². The molecule has 1 rings (SSSR count). The highest BCUT2D eigenvalue weighted by atomic mass is 19.4. The molecule has 0 bridgehead atoms. The maximum Gasteiger partial charge on any atom is 0.416 e. The largest absolute Gasteiger partial charge is 0.416 e. The van der Waals surface area contributed by atoms with E-state index in [2.05, 4.69) is 19.2 Å². The van der Waals surface area contributed by atoms with E-state index in [1.807, 2.05) is 0 Å². The van der Waals surface area contributed by atoms with Crippen LogP contribution < -0.4 is 5.32 Å². The summed E-state index contributed by atoms with van der Waals surface area (Å²) in [6, 6.07) is 5.21. The molecule has 0 atom stereocenters. The topological polar surface area (TPSA) is 21.3 Å². The van der Waals surface area contributed by atoms with Gasteiger partial charge in [0.25, 0.3) is 0 Å². The maximum absolute atomic E-state index is 12.4. The summed E-state index contributed by atoms with van der Waals surface area (Å²) in [4.78, 5) is 0. The summed E-state index contributed by atoms with van der Waals surface area (Å²) in [7, 11) is 0. The molecule has 1 aromatic rings. The van der Waals surface area contributed by atoms with Crippen molar-refractivity contribution in [2.45, 2.75) is 33.0 Å². The first kappa shape index (κ1) is 17.0. The molecule has 0 saturated carbocycles. The molecule has 5 heteroatoms. The Balaban J connectivity index is 2.16. The molecule has 0 aliphatic rings. The number of hydrogen-bond acceptors (Lipinski definition) is 2. The monoisotopic (exact) mass is 289 g/mol. The first-order valence-corrected chi connectivity index (χ1v) is 6.84. The minimum absolute atomic E-state index is 0.547. The van der Waals surface area contributed by atoms with Gasteiger partial charge in [-0.1, -0.05) is 26.0 Å². The molecule has 20 heavy (non-hydrogen) atoms. The van der Waals surface area contributed by atoms with Crippen molar-refractivity contribution >= 4 is 0 Å². The van der Waals surface area contributed by atoms with Crippen molar-refractivity contribution in [1.29, 1.82) is 0 Å². The fourth-order valence-electron chi connectivity index (χ4n) is 1.61. The third kappa shape index (κ3) is 6.91. The van der Waals surface area contributed by atoms with Gasteiger partial charge in [-0.05, 0) is 30.0 Å². The van der Waals surface area contributed by atoms with E-state index in [1.54, 1.807) is 0 Å². The number of rotatable bonds is 8. The van der Waals surface area contributed by atoms with Crippen LogP contribution in [0, 0.1) is 5.92 Å². The number of nitrogens with one attached hydrogen (secondary N) is 1. The second kappa shape index (κ2) is 8.27. The van der Waals surface area contributed by atoms with Crippen molar-refractivity contribution < 1.29 is 17.9 Å². The summed E-state index contributed by atoms with van der Waals surface area (Å²) in [6.45, 7) is 6.90. The van der Waals surface area contributed by atoms with Crippen molar-refractivity contribution in [3.8, 4) is 0 Å². The second-order valence-electron chi connectivity index (χ2n) is 5.17. The van der Waals surface area contributed by atoms with Crippen LogP contribution in [0.1, 0.15) is 31.4 Å². The van der Waals surface area contributed by atoms with Crippen LogP contribution in [0.4, 0.5) is 13.2 Å². The zero-order valence-corrected chi connectivity index (χ0v) is 12.0. The van der Waals surface area contributed by atoms with Gasteiger partial charge in [-0.25, -0.2) is 0 Å². The van der Waals surface area contributed by atoms with Gasteiger partial charge in [0.15, 0.2) is 0 Å². The molecular formula is C15H22F3NO. The third-order valence-electron chi connectivity index (χ3n) is 2.87. The number of alkyl halides is 3. The summed E-state index contributed by atoms with van der Waals surface area (Å²) in [6.07, 6.45) is -3.23. The van der Waals surface area contributed by atoms with E-state index in [9.17, 15) is 13.2 Å². The van der Waals surface area contributed by atoms with Crippen molar-refractivity contribution in [2.24, 2.45) is 5.92 Å². The third-order valence-corrected chi connectivity index (χ3v) is 2.87. The Bertz CT molecular complexity index is 374. The molecule has 0 spiro atoms. The van der Waals surface area contributed by atoms with E-state index >= 15 is 0 Å². The molecule has 2 nitrogen and oxygen atoms in total. The number of benzene rings is 1. The predicted molar refractivity (Wildman–Crippen MR) is 73.4 cm³/mol. The molecule has 1 aromatic carbocycles. The molecule has 114 valence electrons. The summed E-state index contributed by atoms with van der Waals surface area (Å²) in [5, 5.41) is 3.14. The van der Waals surface area contributed by atoms with Gasteiger partial charge in [0, 0.05) is 19.7 Å². The molecule has 1 N–H and O–H groups in total. The zero-order chi connectivity index (χ0) is 15.0. The average molecular weight is 289 g/mol. The zero-order valence-electron chi connectivity index (χ0n) is 12.0. The van der Waals surface area contributed by atoms with Crippen molar-refractivity contribution in [1.82, 2.24) is 5.32 Å². The first-order valence-electron chi connectivity index (χ1n) is 6.84.